The van der Waals surface area contributed by atoms with E-state index in [1.807, 2.05) is 24.3 Å². The van der Waals surface area contributed by atoms with Crippen LogP contribution >= 0.6 is 0 Å². The number of benzene rings is 1. The molecular weight excluding hydrogens is 284 g/mol. The SMILES string of the molecule is COc1ccc(CNCc2cc(OC)c3c(c2)OCO3)cn1. The zero-order valence-corrected chi connectivity index (χ0v) is 12.6. The second kappa shape index (κ2) is 6.53. The van der Waals surface area contributed by atoms with Crippen LogP contribution in [0.2, 0.25) is 0 Å². The average Bonchev–Trinajstić information content (AvgIpc) is 3.03. The summed E-state index contributed by atoms with van der Waals surface area (Å²) in [4.78, 5) is 4.18. The third-order valence-corrected chi connectivity index (χ3v) is 3.38. The Bertz CT molecular complexity index is 643. The fourth-order valence-electron chi connectivity index (χ4n) is 2.27. The minimum Gasteiger partial charge on any atom is -0.493 e. The van der Waals surface area contributed by atoms with Crippen LogP contribution in [0.1, 0.15) is 11.1 Å². The highest BCUT2D eigenvalue weighted by molar-refractivity contribution is 5.55. The molecule has 6 nitrogen and oxygen atoms in total. The Balaban J connectivity index is 1.61. The molecule has 0 saturated carbocycles. The van der Waals surface area contributed by atoms with E-state index in [0.29, 0.717) is 30.5 Å². The van der Waals surface area contributed by atoms with Crippen LogP contribution in [0.15, 0.2) is 30.5 Å². The van der Waals surface area contributed by atoms with Gasteiger partial charge in [-0.05, 0) is 23.3 Å². The van der Waals surface area contributed by atoms with E-state index in [4.69, 9.17) is 18.9 Å². The molecule has 0 saturated heterocycles. The summed E-state index contributed by atoms with van der Waals surface area (Å²) in [5, 5.41) is 3.37. The maximum atomic E-state index is 5.42. The molecule has 0 radical (unpaired) electrons. The Hall–Kier alpha value is -2.47. The fraction of sp³-hybridized carbons (Fsp3) is 0.312. The van der Waals surface area contributed by atoms with Gasteiger partial charge in [0.1, 0.15) is 0 Å². The Kier molecular flexibility index (Phi) is 4.29. The summed E-state index contributed by atoms with van der Waals surface area (Å²) in [6.07, 6.45) is 1.80. The molecule has 6 heteroatoms. The number of fused-ring (bicyclic) bond motifs is 1. The van der Waals surface area contributed by atoms with Gasteiger partial charge < -0.3 is 24.3 Å². The first-order valence-electron chi connectivity index (χ1n) is 6.96. The highest BCUT2D eigenvalue weighted by atomic mass is 16.7. The highest BCUT2D eigenvalue weighted by Crippen LogP contribution is 2.41. The molecule has 1 aliphatic heterocycles. The van der Waals surface area contributed by atoms with Crippen molar-refractivity contribution in [2.75, 3.05) is 21.0 Å². The standard InChI is InChI=1S/C16H18N2O4/c1-19-13-5-12(6-14-16(13)22-10-21-14)8-17-7-11-3-4-15(20-2)18-9-11/h3-6,9,17H,7-8,10H2,1-2H3. The van der Waals surface area contributed by atoms with Crippen LogP contribution in [-0.2, 0) is 13.1 Å². The smallest absolute Gasteiger partial charge is 0.231 e. The molecule has 2 aromatic rings. The minimum atomic E-state index is 0.236. The average molecular weight is 302 g/mol. The maximum Gasteiger partial charge on any atom is 0.231 e. The molecule has 0 amide bonds. The van der Waals surface area contributed by atoms with E-state index in [1.54, 1.807) is 20.4 Å². The van der Waals surface area contributed by atoms with Gasteiger partial charge in [0, 0.05) is 25.4 Å². The van der Waals surface area contributed by atoms with E-state index >= 15 is 0 Å². The van der Waals surface area contributed by atoms with Gasteiger partial charge in [-0.25, -0.2) is 4.98 Å². The molecular formula is C16H18N2O4. The Morgan fingerprint density at radius 2 is 1.95 bits per heavy atom. The third kappa shape index (κ3) is 3.07. The molecule has 3 rings (SSSR count). The predicted octanol–water partition coefficient (Wildman–Crippen LogP) is 2.12. The molecule has 0 bridgehead atoms. The number of ether oxygens (including phenoxy) is 4. The molecule has 0 spiro atoms. The first-order valence-corrected chi connectivity index (χ1v) is 6.96. The van der Waals surface area contributed by atoms with Crippen molar-refractivity contribution in [3.8, 4) is 23.1 Å². The lowest BCUT2D eigenvalue weighted by atomic mass is 10.1. The van der Waals surface area contributed by atoms with E-state index in [0.717, 1.165) is 16.9 Å². The lowest BCUT2D eigenvalue weighted by Crippen LogP contribution is -2.13. The molecule has 1 aliphatic rings. The molecule has 1 aromatic carbocycles. The minimum absolute atomic E-state index is 0.236. The van der Waals surface area contributed by atoms with Gasteiger partial charge in [-0.15, -0.1) is 0 Å². The predicted molar refractivity (Wildman–Crippen MR) is 80.4 cm³/mol. The molecule has 116 valence electrons. The number of hydrogen-bond donors (Lipinski definition) is 1. The molecule has 0 unspecified atom stereocenters. The van der Waals surface area contributed by atoms with Crippen molar-refractivity contribution in [2.24, 2.45) is 0 Å². The van der Waals surface area contributed by atoms with Gasteiger partial charge in [-0.3, -0.25) is 0 Å². The van der Waals surface area contributed by atoms with Crippen molar-refractivity contribution < 1.29 is 18.9 Å². The van der Waals surface area contributed by atoms with Crippen molar-refractivity contribution >= 4 is 0 Å². The molecule has 0 fully saturated rings. The lowest BCUT2D eigenvalue weighted by Gasteiger charge is -2.09. The number of rotatable bonds is 6. The summed E-state index contributed by atoms with van der Waals surface area (Å²) in [7, 11) is 3.23. The third-order valence-electron chi connectivity index (χ3n) is 3.38. The monoisotopic (exact) mass is 302 g/mol. The molecule has 1 N–H and O–H groups in total. The van der Waals surface area contributed by atoms with Gasteiger partial charge >= 0.3 is 0 Å². The van der Waals surface area contributed by atoms with E-state index in [-0.39, 0.29) is 6.79 Å². The highest BCUT2D eigenvalue weighted by Gasteiger charge is 2.19. The quantitative estimate of drug-likeness (QED) is 0.882. The van der Waals surface area contributed by atoms with Crippen LogP contribution in [0.3, 0.4) is 0 Å². The summed E-state index contributed by atoms with van der Waals surface area (Å²) in [5.74, 6) is 2.70. The van der Waals surface area contributed by atoms with Crippen molar-refractivity contribution in [3.63, 3.8) is 0 Å². The second-order valence-corrected chi connectivity index (χ2v) is 4.84. The Morgan fingerprint density at radius 3 is 2.68 bits per heavy atom. The fourth-order valence-corrected chi connectivity index (χ4v) is 2.27. The van der Waals surface area contributed by atoms with Gasteiger partial charge in [-0.1, -0.05) is 6.07 Å². The van der Waals surface area contributed by atoms with Crippen molar-refractivity contribution in [1.82, 2.24) is 10.3 Å². The Labute approximate surface area is 129 Å². The summed E-state index contributed by atoms with van der Waals surface area (Å²) in [6, 6.07) is 7.75. The van der Waals surface area contributed by atoms with Crippen LogP contribution in [0.4, 0.5) is 0 Å². The lowest BCUT2D eigenvalue weighted by molar-refractivity contribution is 0.171. The summed E-state index contributed by atoms with van der Waals surface area (Å²) in [5.41, 5.74) is 2.16. The number of nitrogens with one attached hydrogen (secondary N) is 1. The van der Waals surface area contributed by atoms with E-state index in [2.05, 4.69) is 10.3 Å². The molecule has 0 aliphatic carbocycles. The largest absolute Gasteiger partial charge is 0.493 e. The summed E-state index contributed by atoms with van der Waals surface area (Å²) >= 11 is 0. The van der Waals surface area contributed by atoms with E-state index in [1.165, 1.54) is 0 Å². The van der Waals surface area contributed by atoms with E-state index < -0.39 is 0 Å². The van der Waals surface area contributed by atoms with Crippen molar-refractivity contribution in [2.45, 2.75) is 13.1 Å². The summed E-state index contributed by atoms with van der Waals surface area (Å²) in [6.45, 7) is 1.65. The molecule has 1 aromatic heterocycles. The number of hydrogen-bond acceptors (Lipinski definition) is 6. The van der Waals surface area contributed by atoms with Crippen LogP contribution in [0.25, 0.3) is 0 Å². The van der Waals surface area contributed by atoms with Gasteiger partial charge in [0.15, 0.2) is 11.5 Å². The van der Waals surface area contributed by atoms with Gasteiger partial charge in [0.05, 0.1) is 14.2 Å². The van der Waals surface area contributed by atoms with E-state index in [9.17, 15) is 0 Å². The molecule has 0 atom stereocenters. The molecule has 2 heterocycles. The van der Waals surface area contributed by atoms with Crippen molar-refractivity contribution in [1.29, 1.82) is 0 Å². The van der Waals surface area contributed by atoms with Crippen LogP contribution < -0.4 is 24.3 Å². The van der Waals surface area contributed by atoms with Crippen molar-refractivity contribution in [3.05, 3.63) is 41.6 Å². The van der Waals surface area contributed by atoms with Crippen LogP contribution in [0.5, 0.6) is 23.1 Å². The summed E-state index contributed by atoms with van der Waals surface area (Å²) < 4.78 is 21.2. The number of pyridine rings is 1. The van der Waals surface area contributed by atoms with Crippen LogP contribution in [0, 0.1) is 0 Å². The van der Waals surface area contributed by atoms with Gasteiger partial charge in [0.25, 0.3) is 0 Å². The normalized spacial score (nSPS) is 12.3. The topological polar surface area (TPSA) is 61.8 Å². The zero-order valence-electron chi connectivity index (χ0n) is 12.6. The first kappa shape index (κ1) is 14.5. The second-order valence-electron chi connectivity index (χ2n) is 4.84. The first-order chi connectivity index (χ1) is 10.8. The number of nitrogens with zero attached hydrogens (tertiary/aromatic N) is 1. The maximum absolute atomic E-state index is 5.42. The van der Waals surface area contributed by atoms with Crippen LogP contribution in [-0.4, -0.2) is 26.0 Å². The molecule has 22 heavy (non-hydrogen) atoms. The van der Waals surface area contributed by atoms with Gasteiger partial charge in [0.2, 0.25) is 18.4 Å². The zero-order chi connectivity index (χ0) is 15.4. The number of aromatic nitrogens is 1. The van der Waals surface area contributed by atoms with Gasteiger partial charge in [-0.2, -0.15) is 0 Å². The number of methoxy groups -OCH3 is 2. The Morgan fingerprint density at radius 1 is 1.09 bits per heavy atom.